The fraction of sp³-hybridized carbons (Fsp3) is 0.571. The SMILES string of the molecule is Cc1ccc(CNC2CCN(C)CC2)cc1[N+](=O)[O-]. The summed E-state index contributed by atoms with van der Waals surface area (Å²) in [6.45, 7) is 4.71. The smallest absolute Gasteiger partial charge is 0.272 e. The summed E-state index contributed by atoms with van der Waals surface area (Å²) in [5.41, 5.74) is 1.91. The standard InChI is InChI=1S/C14H21N3O2/c1-11-3-4-12(9-14(11)17(18)19)10-15-13-5-7-16(2)8-6-13/h3-4,9,13,15H,5-8,10H2,1-2H3. The monoisotopic (exact) mass is 263 g/mol. The van der Waals surface area contributed by atoms with Crippen LogP contribution in [0, 0.1) is 17.0 Å². The van der Waals surface area contributed by atoms with Gasteiger partial charge in [-0.05, 0) is 45.5 Å². The topological polar surface area (TPSA) is 58.4 Å². The van der Waals surface area contributed by atoms with Crippen LogP contribution in [-0.4, -0.2) is 36.0 Å². The number of rotatable bonds is 4. The van der Waals surface area contributed by atoms with Crippen molar-refractivity contribution in [2.45, 2.75) is 32.4 Å². The lowest BCUT2D eigenvalue weighted by Crippen LogP contribution is -2.40. The van der Waals surface area contributed by atoms with E-state index in [0.29, 0.717) is 18.2 Å². The lowest BCUT2D eigenvalue weighted by molar-refractivity contribution is -0.385. The van der Waals surface area contributed by atoms with Gasteiger partial charge in [0.25, 0.3) is 5.69 Å². The second-order valence-corrected chi connectivity index (χ2v) is 5.34. The van der Waals surface area contributed by atoms with E-state index in [1.807, 2.05) is 12.1 Å². The Morgan fingerprint density at radius 3 is 2.74 bits per heavy atom. The molecule has 19 heavy (non-hydrogen) atoms. The van der Waals surface area contributed by atoms with Crippen molar-refractivity contribution in [2.75, 3.05) is 20.1 Å². The largest absolute Gasteiger partial charge is 0.310 e. The molecule has 1 N–H and O–H groups in total. The lowest BCUT2D eigenvalue weighted by atomic mass is 10.0. The van der Waals surface area contributed by atoms with Crippen LogP contribution in [0.15, 0.2) is 18.2 Å². The normalized spacial score (nSPS) is 17.6. The van der Waals surface area contributed by atoms with Gasteiger partial charge in [0.15, 0.2) is 0 Å². The van der Waals surface area contributed by atoms with Crippen LogP contribution in [0.1, 0.15) is 24.0 Å². The van der Waals surface area contributed by atoms with Gasteiger partial charge in [0.1, 0.15) is 0 Å². The fourth-order valence-corrected chi connectivity index (χ4v) is 2.44. The molecule has 5 heteroatoms. The highest BCUT2D eigenvalue weighted by atomic mass is 16.6. The Morgan fingerprint density at radius 2 is 2.11 bits per heavy atom. The molecule has 0 atom stereocenters. The third-order valence-electron chi connectivity index (χ3n) is 3.78. The first-order chi connectivity index (χ1) is 9.06. The molecule has 0 radical (unpaired) electrons. The average molecular weight is 263 g/mol. The Bertz CT molecular complexity index is 454. The van der Waals surface area contributed by atoms with E-state index in [9.17, 15) is 10.1 Å². The Morgan fingerprint density at radius 1 is 1.42 bits per heavy atom. The molecule has 0 spiro atoms. The number of nitro groups is 1. The zero-order valence-corrected chi connectivity index (χ0v) is 11.6. The van der Waals surface area contributed by atoms with Crippen LogP contribution in [0.3, 0.4) is 0 Å². The van der Waals surface area contributed by atoms with E-state index in [1.165, 1.54) is 0 Å². The highest BCUT2D eigenvalue weighted by Crippen LogP contribution is 2.19. The molecule has 1 aliphatic rings. The number of piperidine rings is 1. The molecule has 2 rings (SSSR count). The predicted octanol–water partition coefficient (Wildman–Crippen LogP) is 2.09. The highest BCUT2D eigenvalue weighted by Gasteiger charge is 2.16. The minimum absolute atomic E-state index is 0.211. The van der Waals surface area contributed by atoms with Gasteiger partial charge in [0.05, 0.1) is 4.92 Å². The Labute approximate surface area is 113 Å². The molecule has 5 nitrogen and oxygen atoms in total. The van der Waals surface area contributed by atoms with Gasteiger partial charge in [-0.3, -0.25) is 10.1 Å². The first-order valence-corrected chi connectivity index (χ1v) is 6.72. The van der Waals surface area contributed by atoms with Crippen LogP contribution in [0.4, 0.5) is 5.69 Å². The highest BCUT2D eigenvalue weighted by molar-refractivity contribution is 5.42. The second kappa shape index (κ2) is 6.12. The summed E-state index contributed by atoms with van der Waals surface area (Å²) in [5, 5.41) is 14.4. The van der Waals surface area contributed by atoms with Gasteiger partial charge in [0.2, 0.25) is 0 Å². The van der Waals surface area contributed by atoms with E-state index in [4.69, 9.17) is 0 Å². The molecule has 1 fully saturated rings. The maximum Gasteiger partial charge on any atom is 0.272 e. The third-order valence-corrected chi connectivity index (χ3v) is 3.78. The van der Waals surface area contributed by atoms with Gasteiger partial charge < -0.3 is 10.2 Å². The molecule has 1 heterocycles. The second-order valence-electron chi connectivity index (χ2n) is 5.34. The number of hydrogen-bond acceptors (Lipinski definition) is 4. The molecular formula is C14H21N3O2. The summed E-state index contributed by atoms with van der Waals surface area (Å²) < 4.78 is 0. The Hall–Kier alpha value is -1.46. The van der Waals surface area contributed by atoms with Gasteiger partial charge in [-0.25, -0.2) is 0 Å². The van der Waals surface area contributed by atoms with E-state index >= 15 is 0 Å². The van der Waals surface area contributed by atoms with Crippen LogP contribution < -0.4 is 5.32 Å². The number of nitrogens with one attached hydrogen (secondary N) is 1. The first kappa shape index (κ1) is 14.0. The molecule has 1 aliphatic heterocycles. The van der Waals surface area contributed by atoms with E-state index in [2.05, 4.69) is 17.3 Å². The van der Waals surface area contributed by atoms with Gasteiger partial charge >= 0.3 is 0 Å². The van der Waals surface area contributed by atoms with Crippen LogP contribution >= 0.6 is 0 Å². The van der Waals surface area contributed by atoms with Crippen molar-refractivity contribution in [1.82, 2.24) is 10.2 Å². The van der Waals surface area contributed by atoms with E-state index in [-0.39, 0.29) is 10.6 Å². The molecule has 0 saturated carbocycles. The summed E-state index contributed by atoms with van der Waals surface area (Å²) in [6.07, 6.45) is 2.29. The summed E-state index contributed by atoms with van der Waals surface area (Å²) >= 11 is 0. The van der Waals surface area contributed by atoms with E-state index in [0.717, 1.165) is 31.5 Å². The lowest BCUT2D eigenvalue weighted by Gasteiger charge is -2.29. The molecule has 0 aliphatic carbocycles. The zero-order valence-electron chi connectivity index (χ0n) is 11.6. The van der Waals surface area contributed by atoms with Gasteiger partial charge in [-0.1, -0.05) is 12.1 Å². The maximum atomic E-state index is 10.9. The van der Waals surface area contributed by atoms with Gasteiger partial charge in [-0.15, -0.1) is 0 Å². The third kappa shape index (κ3) is 3.75. The molecule has 0 bridgehead atoms. The number of hydrogen-bond donors (Lipinski definition) is 1. The average Bonchev–Trinajstić information content (AvgIpc) is 2.39. The molecule has 1 saturated heterocycles. The van der Waals surface area contributed by atoms with Crippen molar-refractivity contribution in [1.29, 1.82) is 0 Å². The zero-order chi connectivity index (χ0) is 13.8. The number of nitrogens with zero attached hydrogens (tertiary/aromatic N) is 2. The molecule has 1 aromatic carbocycles. The number of nitro benzene ring substituents is 1. The van der Waals surface area contributed by atoms with Crippen molar-refractivity contribution < 1.29 is 4.92 Å². The van der Waals surface area contributed by atoms with Crippen molar-refractivity contribution in [3.63, 3.8) is 0 Å². The van der Waals surface area contributed by atoms with Crippen LogP contribution in [0.5, 0.6) is 0 Å². The molecule has 0 aromatic heterocycles. The van der Waals surface area contributed by atoms with E-state index in [1.54, 1.807) is 13.0 Å². The summed E-state index contributed by atoms with van der Waals surface area (Å²) in [7, 11) is 2.14. The summed E-state index contributed by atoms with van der Waals surface area (Å²) in [6, 6.07) is 5.99. The van der Waals surface area contributed by atoms with Crippen molar-refractivity contribution in [3.8, 4) is 0 Å². The summed E-state index contributed by atoms with van der Waals surface area (Å²) in [5.74, 6) is 0. The molecule has 0 amide bonds. The quantitative estimate of drug-likeness (QED) is 0.667. The summed E-state index contributed by atoms with van der Waals surface area (Å²) in [4.78, 5) is 12.9. The number of benzene rings is 1. The molecular weight excluding hydrogens is 242 g/mol. The predicted molar refractivity (Wildman–Crippen MR) is 75.2 cm³/mol. The van der Waals surface area contributed by atoms with Crippen LogP contribution in [0.25, 0.3) is 0 Å². The minimum Gasteiger partial charge on any atom is -0.310 e. The van der Waals surface area contributed by atoms with E-state index < -0.39 is 0 Å². The minimum atomic E-state index is -0.311. The molecule has 1 aromatic rings. The van der Waals surface area contributed by atoms with Crippen molar-refractivity contribution in [2.24, 2.45) is 0 Å². The first-order valence-electron chi connectivity index (χ1n) is 6.72. The fourth-order valence-electron chi connectivity index (χ4n) is 2.44. The number of likely N-dealkylation sites (tertiary alicyclic amines) is 1. The van der Waals surface area contributed by atoms with Crippen molar-refractivity contribution in [3.05, 3.63) is 39.4 Å². The molecule has 0 unspecified atom stereocenters. The Kier molecular flexibility index (Phi) is 4.50. The van der Waals surface area contributed by atoms with Crippen LogP contribution in [0.2, 0.25) is 0 Å². The van der Waals surface area contributed by atoms with Crippen molar-refractivity contribution >= 4 is 5.69 Å². The number of aryl methyl sites for hydroxylation is 1. The Balaban J connectivity index is 1.92. The van der Waals surface area contributed by atoms with Crippen LogP contribution in [-0.2, 0) is 6.54 Å². The molecule has 104 valence electrons. The van der Waals surface area contributed by atoms with Gasteiger partial charge in [0, 0.05) is 24.2 Å². The van der Waals surface area contributed by atoms with Gasteiger partial charge in [-0.2, -0.15) is 0 Å². The maximum absolute atomic E-state index is 10.9.